The van der Waals surface area contributed by atoms with E-state index in [9.17, 15) is 9.59 Å². The summed E-state index contributed by atoms with van der Waals surface area (Å²) in [7, 11) is 0. The number of urea groups is 1. The van der Waals surface area contributed by atoms with Gasteiger partial charge in [0.05, 0.1) is 5.92 Å². The molecule has 6 nitrogen and oxygen atoms in total. The van der Waals surface area contributed by atoms with Crippen LogP contribution in [0.5, 0.6) is 0 Å². The lowest BCUT2D eigenvalue weighted by molar-refractivity contribution is -0.132. The standard InChI is InChI=1S/C17H14ClN3O3/c18-10-6-7-14(12(8-10)13-9-24-16(22)15(13)19)21-17(23)20-11-4-2-1-3-5-11/h1-8,13,19H,9H2,(H2,20,21,23)/t13-/m1/s1. The third-order valence-corrected chi connectivity index (χ3v) is 3.85. The van der Waals surface area contributed by atoms with Crippen LogP contribution in [0, 0.1) is 5.41 Å². The molecule has 1 heterocycles. The van der Waals surface area contributed by atoms with Gasteiger partial charge in [-0.3, -0.25) is 5.41 Å². The number of hydrogen-bond acceptors (Lipinski definition) is 4. The summed E-state index contributed by atoms with van der Waals surface area (Å²) < 4.78 is 4.89. The van der Waals surface area contributed by atoms with Crippen molar-refractivity contribution in [1.29, 1.82) is 5.41 Å². The second kappa shape index (κ2) is 6.72. The molecule has 0 spiro atoms. The van der Waals surface area contributed by atoms with Crippen molar-refractivity contribution in [3.05, 3.63) is 59.1 Å². The Hall–Kier alpha value is -2.86. The van der Waals surface area contributed by atoms with Crippen LogP contribution in [0.2, 0.25) is 5.02 Å². The van der Waals surface area contributed by atoms with E-state index in [0.29, 0.717) is 22.0 Å². The van der Waals surface area contributed by atoms with Crippen LogP contribution in [0.4, 0.5) is 16.2 Å². The lowest BCUT2D eigenvalue weighted by atomic mass is 9.95. The van der Waals surface area contributed by atoms with Gasteiger partial charge < -0.3 is 15.4 Å². The molecule has 1 saturated heterocycles. The average molecular weight is 344 g/mol. The maximum absolute atomic E-state index is 12.2. The highest BCUT2D eigenvalue weighted by atomic mass is 35.5. The fourth-order valence-electron chi connectivity index (χ4n) is 2.45. The van der Waals surface area contributed by atoms with E-state index < -0.39 is 17.9 Å². The van der Waals surface area contributed by atoms with Crippen LogP contribution in [-0.2, 0) is 9.53 Å². The number of anilines is 2. The van der Waals surface area contributed by atoms with Gasteiger partial charge in [-0.1, -0.05) is 29.8 Å². The van der Waals surface area contributed by atoms with Crippen molar-refractivity contribution in [2.45, 2.75) is 5.92 Å². The van der Waals surface area contributed by atoms with Gasteiger partial charge >= 0.3 is 12.0 Å². The maximum Gasteiger partial charge on any atom is 0.352 e. The summed E-state index contributed by atoms with van der Waals surface area (Å²) in [6, 6.07) is 13.5. The molecule has 7 heteroatoms. The van der Waals surface area contributed by atoms with E-state index in [1.165, 1.54) is 0 Å². The van der Waals surface area contributed by atoms with E-state index in [1.54, 1.807) is 30.3 Å². The predicted molar refractivity (Wildman–Crippen MR) is 92.0 cm³/mol. The number of amides is 2. The van der Waals surface area contributed by atoms with Crippen LogP contribution in [-0.4, -0.2) is 24.3 Å². The van der Waals surface area contributed by atoms with E-state index in [-0.39, 0.29) is 12.3 Å². The summed E-state index contributed by atoms with van der Waals surface area (Å²) in [4.78, 5) is 23.6. The number of cyclic esters (lactones) is 1. The van der Waals surface area contributed by atoms with E-state index in [1.807, 2.05) is 18.2 Å². The maximum atomic E-state index is 12.2. The second-order valence-corrected chi connectivity index (χ2v) is 5.68. The Morgan fingerprint density at radius 3 is 2.58 bits per heavy atom. The minimum Gasteiger partial charge on any atom is -0.460 e. The average Bonchev–Trinajstić information content (AvgIpc) is 2.89. The van der Waals surface area contributed by atoms with Crippen LogP contribution in [0.15, 0.2) is 48.5 Å². The second-order valence-electron chi connectivity index (χ2n) is 5.24. The number of esters is 1. The van der Waals surface area contributed by atoms with Crippen molar-refractivity contribution in [3.8, 4) is 0 Å². The molecule has 0 unspecified atom stereocenters. The summed E-state index contributed by atoms with van der Waals surface area (Å²) in [5, 5.41) is 13.7. The normalized spacial score (nSPS) is 16.6. The Kier molecular flexibility index (Phi) is 4.48. The van der Waals surface area contributed by atoms with Crippen LogP contribution < -0.4 is 10.6 Å². The molecule has 0 saturated carbocycles. The molecule has 122 valence electrons. The molecule has 0 radical (unpaired) electrons. The van der Waals surface area contributed by atoms with Gasteiger partial charge in [0.1, 0.15) is 12.3 Å². The Morgan fingerprint density at radius 2 is 1.92 bits per heavy atom. The minimum absolute atomic E-state index is 0.0625. The van der Waals surface area contributed by atoms with E-state index in [0.717, 1.165) is 0 Å². The van der Waals surface area contributed by atoms with E-state index in [2.05, 4.69) is 10.6 Å². The number of rotatable bonds is 3. The molecule has 1 fully saturated rings. The molecular formula is C17H14ClN3O3. The zero-order valence-corrected chi connectivity index (χ0v) is 13.3. The summed E-state index contributed by atoms with van der Waals surface area (Å²) in [6.45, 7) is 0.0625. The number of benzene rings is 2. The molecule has 1 atom stereocenters. The van der Waals surface area contributed by atoms with Crippen molar-refractivity contribution >= 4 is 40.7 Å². The summed E-state index contributed by atoms with van der Waals surface area (Å²) in [5.74, 6) is -1.21. The van der Waals surface area contributed by atoms with Crippen LogP contribution in [0.1, 0.15) is 11.5 Å². The third kappa shape index (κ3) is 3.38. The first-order valence-electron chi connectivity index (χ1n) is 7.22. The van der Waals surface area contributed by atoms with Gasteiger partial charge in [0.25, 0.3) is 0 Å². The molecule has 0 aromatic heterocycles. The van der Waals surface area contributed by atoms with Gasteiger partial charge in [-0.25, -0.2) is 9.59 Å². The Bertz CT molecular complexity index is 808. The van der Waals surface area contributed by atoms with Crippen LogP contribution in [0.3, 0.4) is 0 Å². The van der Waals surface area contributed by atoms with Crippen molar-refractivity contribution in [3.63, 3.8) is 0 Å². The fraction of sp³-hybridized carbons (Fsp3) is 0.118. The highest BCUT2D eigenvalue weighted by Crippen LogP contribution is 2.32. The molecule has 1 aliphatic rings. The lowest BCUT2D eigenvalue weighted by Crippen LogP contribution is -2.22. The van der Waals surface area contributed by atoms with Crippen molar-refractivity contribution < 1.29 is 14.3 Å². The van der Waals surface area contributed by atoms with Gasteiger partial charge in [-0.2, -0.15) is 0 Å². The number of carbonyl (C=O) groups excluding carboxylic acids is 2. The highest BCUT2D eigenvalue weighted by Gasteiger charge is 2.34. The molecule has 0 aliphatic carbocycles. The number of ether oxygens (including phenoxy) is 1. The van der Waals surface area contributed by atoms with Gasteiger partial charge in [0.15, 0.2) is 0 Å². The molecule has 3 N–H and O–H groups in total. The number of para-hydroxylation sites is 1. The van der Waals surface area contributed by atoms with Crippen LogP contribution in [0.25, 0.3) is 0 Å². The zero-order valence-electron chi connectivity index (χ0n) is 12.5. The van der Waals surface area contributed by atoms with Gasteiger partial charge in [-0.05, 0) is 35.9 Å². The number of nitrogens with one attached hydrogen (secondary N) is 3. The predicted octanol–water partition coefficient (Wildman–Crippen LogP) is 3.64. The minimum atomic E-state index is -0.653. The monoisotopic (exact) mass is 343 g/mol. The zero-order chi connectivity index (χ0) is 17.1. The highest BCUT2D eigenvalue weighted by molar-refractivity contribution is 6.39. The van der Waals surface area contributed by atoms with Crippen LogP contribution >= 0.6 is 11.6 Å². The molecule has 24 heavy (non-hydrogen) atoms. The molecule has 3 rings (SSSR count). The quantitative estimate of drug-likeness (QED) is 0.743. The summed E-state index contributed by atoms with van der Waals surface area (Å²) >= 11 is 6.02. The van der Waals surface area contributed by atoms with Crippen molar-refractivity contribution in [1.82, 2.24) is 0 Å². The molecule has 2 amide bonds. The summed E-state index contributed by atoms with van der Waals surface area (Å²) in [6.07, 6.45) is 0. The van der Waals surface area contributed by atoms with Gasteiger partial charge in [0.2, 0.25) is 0 Å². The van der Waals surface area contributed by atoms with E-state index in [4.69, 9.17) is 21.7 Å². The Labute approximate surface area is 143 Å². The SMILES string of the molecule is N=C1C(=O)OC[C@@H]1c1cc(Cl)ccc1NC(=O)Nc1ccccc1. The molecule has 1 aliphatic heterocycles. The van der Waals surface area contributed by atoms with Crippen molar-refractivity contribution in [2.24, 2.45) is 0 Å². The first-order chi connectivity index (χ1) is 11.5. The third-order valence-electron chi connectivity index (χ3n) is 3.62. The smallest absolute Gasteiger partial charge is 0.352 e. The van der Waals surface area contributed by atoms with Gasteiger partial charge in [0, 0.05) is 16.4 Å². The summed E-state index contributed by atoms with van der Waals surface area (Å²) in [5.41, 5.74) is 1.55. The number of carbonyl (C=O) groups is 2. The van der Waals surface area contributed by atoms with Gasteiger partial charge in [-0.15, -0.1) is 0 Å². The number of halogens is 1. The molecule has 2 aromatic carbocycles. The molecule has 0 bridgehead atoms. The van der Waals surface area contributed by atoms with Crippen molar-refractivity contribution in [2.75, 3.05) is 17.2 Å². The first-order valence-corrected chi connectivity index (χ1v) is 7.60. The topological polar surface area (TPSA) is 91.3 Å². The molecular weight excluding hydrogens is 330 g/mol. The Morgan fingerprint density at radius 1 is 1.17 bits per heavy atom. The largest absolute Gasteiger partial charge is 0.460 e. The first kappa shape index (κ1) is 16.0. The molecule has 2 aromatic rings. The Balaban J connectivity index is 1.82. The fourth-order valence-corrected chi connectivity index (χ4v) is 2.63. The lowest BCUT2D eigenvalue weighted by Gasteiger charge is -2.15. The number of hydrogen-bond donors (Lipinski definition) is 3. The van der Waals surface area contributed by atoms with E-state index >= 15 is 0 Å².